The van der Waals surface area contributed by atoms with Gasteiger partial charge >= 0.3 is 0 Å². The summed E-state index contributed by atoms with van der Waals surface area (Å²) in [5.41, 5.74) is 2.42. The molecule has 1 heterocycles. The van der Waals surface area contributed by atoms with Gasteiger partial charge in [0.25, 0.3) is 0 Å². The highest BCUT2D eigenvalue weighted by molar-refractivity contribution is 6.30. The number of benzene rings is 2. The lowest BCUT2D eigenvalue weighted by Gasteiger charge is -1.97. The number of halogens is 2. The van der Waals surface area contributed by atoms with E-state index >= 15 is 0 Å². The molecule has 0 saturated carbocycles. The van der Waals surface area contributed by atoms with E-state index in [4.69, 9.17) is 11.6 Å². The standard InChI is InChI=1S/C14H9ClFN/c15-11-6-4-9(5-7-11)13-8-10-2-1-3-12(16)14(10)17-13/h1-8,17H. The van der Waals surface area contributed by atoms with Crippen LogP contribution in [0.1, 0.15) is 0 Å². The zero-order valence-corrected chi connectivity index (χ0v) is 9.63. The van der Waals surface area contributed by atoms with E-state index in [0.717, 1.165) is 16.6 Å². The maximum absolute atomic E-state index is 13.5. The fourth-order valence-corrected chi connectivity index (χ4v) is 2.03. The molecule has 1 aromatic heterocycles. The summed E-state index contributed by atoms with van der Waals surface area (Å²) in [6.45, 7) is 0. The Morgan fingerprint density at radius 1 is 1.00 bits per heavy atom. The fraction of sp³-hybridized carbons (Fsp3) is 0. The molecule has 0 spiro atoms. The number of hydrogen-bond donors (Lipinski definition) is 1. The van der Waals surface area contributed by atoms with Crippen LogP contribution in [0, 0.1) is 5.82 Å². The molecule has 84 valence electrons. The van der Waals surface area contributed by atoms with Crippen molar-refractivity contribution in [3.63, 3.8) is 0 Å². The van der Waals surface area contributed by atoms with E-state index in [-0.39, 0.29) is 5.82 Å². The van der Waals surface area contributed by atoms with Crippen LogP contribution in [0.25, 0.3) is 22.2 Å². The van der Waals surface area contributed by atoms with E-state index in [1.54, 1.807) is 6.07 Å². The number of nitrogens with one attached hydrogen (secondary N) is 1. The highest BCUT2D eigenvalue weighted by atomic mass is 35.5. The second-order valence-electron chi connectivity index (χ2n) is 3.89. The summed E-state index contributed by atoms with van der Waals surface area (Å²) < 4.78 is 13.5. The molecule has 1 N–H and O–H groups in total. The highest BCUT2D eigenvalue weighted by Gasteiger charge is 2.06. The third-order valence-electron chi connectivity index (χ3n) is 2.76. The number of rotatable bonds is 1. The van der Waals surface area contributed by atoms with Crippen molar-refractivity contribution in [1.29, 1.82) is 0 Å². The topological polar surface area (TPSA) is 15.8 Å². The summed E-state index contributed by atoms with van der Waals surface area (Å²) in [5.74, 6) is -0.234. The number of aromatic amines is 1. The van der Waals surface area contributed by atoms with Gasteiger partial charge in [0, 0.05) is 16.1 Å². The second kappa shape index (κ2) is 3.90. The van der Waals surface area contributed by atoms with Gasteiger partial charge in [-0.2, -0.15) is 0 Å². The van der Waals surface area contributed by atoms with Crippen LogP contribution in [0.3, 0.4) is 0 Å². The molecule has 3 rings (SSSR count). The first-order chi connectivity index (χ1) is 8.24. The molecular weight excluding hydrogens is 237 g/mol. The van der Waals surface area contributed by atoms with Crippen LogP contribution < -0.4 is 0 Å². The third kappa shape index (κ3) is 1.81. The van der Waals surface area contributed by atoms with Gasteiger partial charge in [-0.1, -0.05) is 35.9 Å². The highest BCUT2D eigenvalue weighted by Crippen LogP contribution is 2.26. The van der Waals surface area contributed by atoms with Gasteiger partial charge in [-0.3, -0.25) is 0 Å². The van der Waals surface area contributed by atoms with Crippen LogP contribution in [-0.4, -0.2) is 4.98 Å². The van der Waals surface area contributed by atoms with Crippen molar-refractivity contribution in [2.75, 3.05) is 0 Å². The maximum Gasteiger partial charge on any atom is 0.147 e. The Hall–Kier alpha value is -1.80. The quantitative estimate of drug-likeness (QED) is 0.644. The molecule has 2 aromatic carbocycles. The van der Waals surface area contributed by atoms with Crippen molar-refractivity contribution in [3.05, 3.63) is 59.4 Å². The Morgan fingerprint density at radius 2 is 1.76 bits per heavy atom. The van der Waals surface area contributed by atoms with Crippen LogP contribution in [0.5, 0.6) is 0 Å². The third-order valence-corrected chi connectivity index (χ3v) is 3.01. The summed E-state index contributed by atoms with van der Waals surface area (Å²) in [6, 6.07) is 14.4. The summed E-state index contributed by atoms with van der Waals surface area (Å²) in [6.07, 6.45) is 0. The molecule has 0 unspecified atom stereocenters. The monoisotopic (exact) mass is 245 g/mol. The Kier molecular flexibility index (Phi) is 2.37. The predicted octanol–water partition coefficient (Wildman–Crippen LogP) is 4.63. The summed E-state index contributed by atoms with van der Waals surface area (Å²) in [4.78, 5) is 3.08. The van der Waals surface area contributed by atoms with Crippen molar-refractivity contribution in [3.8, 4) is 11.3 Å². The van der Waals surface area contributed by atoms with E-state index in [9.17, 15) is 4.39 Å². The number of para-hydroxylation sites is 1. The molecule has 17 heavy (non-hydrogen) atoms. The zero-order valence-electron chi connectivity index (χ0n) is 8.87. The van der Waals surface area contributed by atoms with Gasteiger partial charge in [0.15, 0.2) is 0 Å². The van der Waals surface area contributed by atoms with Crippen LogP contribution >= 0.6 is 11.6 Å². The molecule has 0 saturated heterocycles. The molecule has 1 nitrogen and oxygen atoms in total. The summed E-state index contributed by atoms with van der Waals surface area (Å²) in [5, 5.41) is 1.56. The minimum Gasteiger partial charge on any atom is -0.352 e. The lowest BCUT2D eigenvalue weighted by molar-refractivity contribution is 0.637. The van der Waals surface area contributed by atoms with Gasteiger partial charge in [-0.15, -0.1) is 0 Å². The van der Waals surface area contributed by atoms with Crippen LogP contribution in [0.4, 0.5) is 4.39 Å². The molecule has 0 bridgehead atoms. The van der Waals surface area contributed by atoms with E-state index in [2.05, 4.69) is 4.98 Å². The first-order valence-corrected chi connectivity index (χ1v) is 5.65. The van der Waals surface area contributed by atoms with Crippen LogP contribution in [0.15, 0.2) is 48.5 Å². The smallest absolute Gasteiger partial charge is 0.147 e. The Balaban J connectivity index is 2.18. The molecular formula is C14H9ClFN. The molecule has 0 aliphatic carbocycles. The number of hydrogen-bond acceptors (Lipinski definition) is 0. The van der Waals surface area contributed by atoms with E-state index in [0.29, 0.717) is 10.5 Å². The van der Waals surface area contributed by atoms with Gasteiger partial charge in [0.1, 0.15) is 5.82 Å². The SMILES string of the molecule is Fc1cccc2cc(-c3ccc(Cl)cc3)[nH]c12. The van der Waals surface area contributed by atoms with Gasteiger partial charge in [-0.25, -0.2) is 4.39 Å². The summed E-state index contributed by atoms with van der Waals surface area (Å²) >= 11 is 5.83. The maximum atomic E-state index is 13.5. The molecule has 0 radical (unpaired) electrons. The molecule has 0 atom stereocenters. The fourth-order valence-electron chi connectivity index (χ4n) is 1.90. The van der Waals surface area contributed by atoms with E-state index in [1.807, 2.05) is 36.4 Å². The Morgan fingerprint density at radius 3 is 2.47 bits per heavy atom. The molecule has 3 heteroatoms. The average molecular weight is 246 g/mol. The molecule has 3 aromatic rings. The van der Waals surface area contributed by atoms with Crippen molar-refractivity contribution < 1.29 is 4.39 Å². The minimum atomic E-state index is -0.234. The van der Waals surface area contributed by atoms with Crippen molar-refractivity contribution in [2.24, 2.45) is 0 Å². The largest absolute Gasteiger partial charge is 0.352 e. The van der Waals surface area contributed by atoms with Crippen molar-refractivity contribution in [1.82, 2.24) is 4.98 Å². The van der Waals surface area contributed by atoms with E-state index < -0.39 is 0 Å². The van der Waals surface area contributed by atoms with Crippen molar-refractivity contribution in [2.45, 2.75) is 0 Å². The first kappa shape index (κ1) is 10.4. The number of H-pyrrole nitrogens is 1. The molecule has 0 aliphatic heterocycles. The van der Waals surface area contributed by atoms with Gasteiger partial charge in [-0.05, 0) is 29.8 Å². The molecule has 0 aliphatic rings. The average Bonchev–Trinajstić information content (AvgIpc) is 2.75. The van der Waals surface area contributed by atoms with Crippen molar-refractivity contribution >= 4 is 22.5 Å². The zero-order chi connectivity index (χ0) is 11.8. The Bertz CT molecular complexity index is 670. The lowest BCUT2D eigenvalue weighted by Crippen LogP contribution is -1.78. The van der Waals surface area contributed by atoms with Crippen LogP contribution in [0.2, 0.25) is 5.02 Å². The summed E-state index contributed by atoms with van der Waals surface area (Å²) in [7, 11) is 0. The minimum absolute atomic E-state index is 0.234. The van der Waals surface area contributed by atoms with Crippen LogP contribution in [-0.2, 0) is 0 Å². The Labute approximate surface area is 103 Å². The number of aromatic nitrogens is 1. The van der Waals surface area contributed by atoms with E-state index in [1.165, 1.54) is 6.07 Å². The molecule has 0 fully saturated rings. The van der Waals surface area contributed by atoms with Gasteiger partial charge in [0.05, 0.1) is 5.52 Å². The first-order valence-electron chi connectivity index (χ1n) is 5.27. The number of fused-ring (bicyclic) bond motifs is 1. The normalized spacial score (nSPS) is 10.9. The molecule has 0 amide bonds. The van der Waals surface area contributed by atoms with Gasteiger partial charge < -0.3 is 4.98 Å². The lowest BCUT2D eigenvalue weighted by atomic mass is 10.1. The second-order valence-corrected chi connectivity index (χ2v) is 4.33. The predicted molar refractivity (Wildman–Crippen MR) is 68.7 cm³/mol. The van der Waals surface area contributed by atoms with Gasteiger partial charge in [0.2, 0.25) is 0 Å².